The van der Waals surface area contributed by atoms with Crippen LogP contribution in [0.5, 0.6) is 0 Å². The van der Waals surface area contributed by atoms with Gasteiger partial charge in [0.2, 0.25) is 0 Å². The van der Waals surface area contributed by atoms with E-state index in [1.54, 1.807) is 0 Å². The summed E-state index contributed by atoms with van der Waals surface area (Å²) in [6, 6.07) is 0. The van der Waals surface area contributed by atoms with Crippen molar-refractivity contribution in [3.63, 3.8) is 0 Å². The van der Waals surface area contributed by atoms with Gasteiger partial charge in [0.1, 0.15) is 0 Å². The first kappa shape index (κ1) is 16.7. The zero-order valence-electron chi connectivity index (χ0n) is 16.2. The van der Waals surface area contributed by atoms with E-state index in [2.05, 4.69) is 33.8 Å². The van der Waals surface area contributed by atoms with E-state index < -0.39 is 0 Å². The van der Waals surface area contributed by atoms with Crippen molar-refractivity contribution in [1.29, 1.82) is 0 Å². The van der Waals surface area contributed by atoms with Gasteiger partial charge in [-0.25, -0.2) is 4.79 Å². The lowest BCUT2D eigenvalue weighted by atomic mass is 9.41. The van der Waals surface area contributed by atoms with Crippen molar-refractivity contribution in [2.45, 2.75) is 72.6 Å². The van der Waals surface area contributed by atoms with E-state index in [-0.39, 0.29) is 11.4 Å². The Hall–Kier alpha value is -0.790. The Labute approximate surface area is 147 Å². The highest BCUT2D eigenvalue weighted by Crippen LogP contribution is 2.72. The standard InChI is InChI=1S/C22H34O2/c1-14-12-22-11-9-17-20(2,3)16(19(23)24-5)8-10-21(17,4)18(22)7-6-15(14)13-22/h8,14-15,17-18H,6-7,9-13H2,1-5H3/t14-,15-,17+,18-,21+,22+/m1/s1. The Morgan fingerprint density at radius 3 is 2.58 bits per heavy atom. The quantitative estimate of drug-likeness (QED) is 0.604. The van der Waals surface area contributed by atoms with E-state index >= 15 is 0 Å². The number of hydrogen-bond donors (Lipinski definition) is 0. The van der Waals surface area contributed by atoms with E-state index in [4.69, 9.17) is 4.74 Å². The minimum Gasteiger partial charge on any atom is -0.466 e. The molecule has 0 radical (unpaired) electrons. The fraction of sp³-hybridized carbons (Fsp3) is 0.864. The molecule has 3 fully saturated rings. The maximum absolute atomic E-state index is 12.3. The molecule has 2 nitrogen and oxygen atoms in total. The van der Waals surface area contributed by atoms with Crippen LogP contribution >= 0.6 is 0 Å². The first-order valence-electron chi connectivity index (χ1n) is 10.0. The first-order valence-corrected chi connectivity index (χ1v) is 10.0. The summed E-state index contributed by atoms with van der Waals surface area (Å²) in [6.07, 6.45) is 11.8. The number of carbonyl (C=O) groups excluding carboxylic acids is 1. The van der Waals surface area contributed by atoms with Crippen LogP contribution in [-0.4, -0.2) is 13.1 Å². The smallest absolute Gasteiger partial charge is 0.333 e. The van der Waals surface area contributed by atoms with Crippen molar-refractivity contribution < 1.29 is 9.53 Å². The third kappa shape index (κ3) is 1.98. The maximum atomic E-state index is 12.3. The van der Waals surface area contributed by atoms with Gasteiger partial charge in [-0.2, -0.15) is 0 Å². The van der Waals surface area contributed by atoms with Crippen LogP contribution in [-0.2, 0) is 9.53 Å². The molecule has 0 aromatic heterocycles. The van der Waals surface area contributed by atoms with Crippen molar-refractivity contribution in [2.75, 3.05) is 7.11 Å². The number of hydrogen-bond acceptors (Lipinski definition) is 2. The molecular formula is C22H34O2. The van der Waals surface area contributed by atoms with Gasteiger partial charge < -0.3 is 4.74 Å². The number of esters is 1. The molecule has 2 bridgehead atoms. The summed E-state index contributed by atoms with van der Waals surface area (Å²) in [5.41, 5.74) is 1.83. The minimum absolute atomic E-state index is 0.0667. The van der Waals surface area contributed by atoms with Crippen LogP contribution in [0.25, 0.3) is 0 Å². The van der Waals surface area contributed by atoms with Crippen molar-refractivity contribution in [2.24, 2.45) is 39.9 Å². The van der Waals surface area contributed by atoms with Crippen molar-refractivity contribution >= 4 is 5.97 Å². The number of carbonyl (C=O) groups is 1. The number of allylic oxidation sites excluding steroid dienone is 1. The van der Waals surface area contributed by atoms with Crippen LogP contribution < -0.4 is 0 Å². The number of ether oxygens (including phenoxy) is 1. The molecule has 0 heterocycles. The Morgan fingerprint density at radius 2 is 1.88 bits per heavy atom. The van der Waals surface area contributed by atoms with E-state index in [1.165, 1.54) is 45.6 Å². The molecule has 4 aliphatic rings. The van der Waals surface area contributed by atoms with E-state index in [0.717, 1.165) is 29.7 Å². The van der Waals surface area contributed by atoms with E-state index in [1.807, 2.05) is 0 Å². The average Bonchev–Trinajstić information content (AvgIpc) is 2.75. The van der Waals surface area contributed by atoms with Gasteiger partial charge in [-0.05, 0) is 84.9 Å². The largest absolute Gasteiger partial charge is 0.466 e. The second-order valence-electron chi connectivity index (χ2n) is 10.3. The SMILES string of the molecule is COC(=O)C1=CC[C@@]2(C)[C@@H](CC[C@]34C[C@@H](CC[C@@H]32)[C@H](C)C4)C1(C)C. The highest BCUT2D eigenvalue weighted by molar-refractivity contribution is 5.90. The summed E-state index contributed by atoms with van der Waals surface area (Å²) in [5, 5.41) is 0. The predicted octanol–water partition coefficient (Wildman–Crippen LogP) is 5.37. The molecular weight excluding hydrogens is 296 g/mol. The second kappa shape index (κ2) is 5.11. The summed E-state index contributed by atoms with van der Waals surface area (Å²) in [5.74, 6) is 3.25. The third-order valence-electron chi connectivity index (χ3n) is 9.01. The zero-order chi connectivity index (χ0) is 17.3. The molecule has 4 aliphatic carbocycles. The zero-order valence-corrected chi connectivity index (χ0v) is 16.2. The molecule has 0 N–H and O–H groups in total. The highest BCUT2D eigenvalue weighted by Gasteiger charge is 2.64. The lowest BCUT2D eigenvalue weighted by Crippen LogP contribution is -2.56. The summed E-state index contributed by atoms with van der Waals surface area (Å²) in [7, 11) is 1.52. The van der Waals surface area contributed by atoms with Gasteiger partial charge in [0.15, 0.2) is 0 Å². The van der Waals surface area contributed by atoms with E-state index in [0.29, 0.717) is 16.7 Å². The Kier molecular flexibility index (Phi) is 3.55. The molecule has 0 aromatic rings. The van der Waals surface area contributed by atoms with Crippen molar-refractivity contribution in [3.8, 4) is 0 Å². The van der Waals surface area contributed by atoms with Crippen LogP contribution in [0.15, 0.2) is 11.6 Å². The summed E-state index contributed by atoms with van der Waals surface area (Å²) >= 11 is 0. The van der Waals surface area contributed by atoms with Gasteiger partial charge in [-0.15, -0.1) is 0 Å². The molecule has 0 amide bonds. The van der Waals surface area contributed by atoms with Crippen LogP contribution in [0.1, 0.15) is 72.6 Å². The second-order valence-corrected chi connectivity index (χ2v) is 10.3. The first-order chi connectivity index (χ1) is 11.2. The molecule has 3 saturated carbocycles. The summed E-state index contributed by atoms with van der Waals surface area (Å²) in [4.78, 5) is 12.3. The molecule has 4 rings (SSSR count). The van der Waals surface area contributed by atoms with Crippen LogP contribution in [0, 0.1) is 39.9 Å². The lowest BCUT2D eigenvalue weighted by molar-refractivity contribution is -0.144. The average molecular weight is 331 g/mol. The van der Waals surface area contributed by atoms with Gasteiger partial charge in [0.25, 0.3) is 0 Å². The third-order valence-corrected chi connectivity index (χ3v) is 9.01. The van der Waals surface area contributed by atoms with E-state index in [9.17, 15) is 4.79 Å². The molecule has 2 heteroatoms. The summed E-state index contributed by atoms with van der Waals surface area (Å²) in [6.45, 7) is 9.63. The highest BCUT2D eigenvalue weighted by atomic mass is 16.5. The van der Waals surface area contributed by atoms with Gasteiger partial charge in [0, 0.05) is 5.57 Å². The van der Waals surface area contributed by atoms with Gasteiger partial charge in [-0.3, -0.25) is 0 Å². The van der Waals surface area contributed by atoms with Gasteiger partial charge in [0.05, 0.1) is 7.11 Å². The molecule has 0 aliphatic heterocycles. The fourth-order valence-electron chi connectivity index (χ4n) is 8.08. The van der Waals surface area contributed by atoms with Gasteiger partial charge >= 0.3 is 5.97 Å². The monoisotopic (exact) mass is 330 g/mol. The minimum atomic E-state index is -0.111. The molecule has 134 valence electrons. The molecule has 6 atom stereocenters. The molecule has 1 spiro atoms. The van der Waals surface area contributed by atoms with Crippen LogP contribution in [0.2, 0.25) is 0 Å². The molecule has 24 heavy (non-hydrogen) atoms. The Morgan fingerprint density at radius 1 is 1.12 bits per heavy atom. The topological polar surface area (TPSA) is 26.3 Å². The number of methoxy groups -OCH3 is 1. The van der Waals surface area contributed by atoms with Crippen molar-refractivity contribution in [1.82, 2.24) is 0 Å². The number of fused-ring (bicyclic) bond motifs is 3. The molecule has 0 aromatic carbocycles. The summed E-state index contributed by atoms with van der Waals surface area (Å²) < 4.78 is 5.10. The maximum Gasteiger partial charge on any atom is 0.333 e. The van der Waals surface area contributed by atoms with Gasteiger partial charge in [-0.1, -0.05) is 33.8 Å². The van der Waals surface area contributed by atoms with Crippen molar-refractivity contribution in [3.05, 3.63) is 11.6 Å². The van der Waals surface area contributed by atoms with Crippen LogP contribution in [0.4, 0.5) is 0 Å². The fourth-order valence-corrected chi connectivity index (χ4v) is 8.08. The lowest BCUT2D eigenvalue weighted by Gasteiger charge is -2.63. The Bertz CT molecular complexity index is 585. The molecule has 0 saturated heterocycles. The number of rotatable bonds is 1. The molecule has 0 unspecified atom stereocenters. The predicted molar refractivity (Wildman–Crippen MR) is 96.4 cm³/mol. The normalized spacial score (nSPS) is 49.0. The Balaban J connectivity index is 1.74. The van der Waals surface area contributed by atoms with Crippen LogP contribution in [0.3, 0.4) is 0 Å².